The van der Waals surface area contributed by atoms with E-state index in [0.29, 0.717) is 0 Å². The second-order valence-corrected chi connectivity index (χ2v) is 4.11. The van der Waals surface area contributed by atoms with Crippen LogP contribution in [0.25, 0.3) is 0 Å². The minimum atomic E-state index is 0.277. The predicted molar refractivity (Wildman–Crippen MR) is 67.6 cm³/mol. The summed E-state index contributed by atoms with van der Waals surface area (Å²) in [5.74, 6) is 2.02. The number of pyridine rings is 1. The highest BCUT2D eigenvalue weighted by Crippen LogP contribution is 2.13. The molecule has 2 rings (SSSR count). The third kappa shape index (κ3) is 3.17. The minimum Gasteiger partial charge on any atom is -0.465 e. The maximum Gasteiger partial charge on any atom is 0.117 e. The minimum absolute atomic E-state index is 0.277. The van der Waals surface area contributed by atoms with Crippen LogP contribution in [0.1, 0.15) is 37.0 Å². The highest BCUT2D eigenvalue weighted by molar-refractivity contribution is 5.13. The lowest BCUT2D eigenvalue weighted by atomic mass is 10.1. The quantitative estimate of drug-likeness (QED) is 0.857. The van der Waals surface area contributed by atoms with Crippen LogP contribution in [0.4, 0.5) is 0 Å². The summed E-state index contributed by atoms with van der Waals surface area (Å²) in [5, 5.41) is 3.42. The Labute approximate surface area is 102 Å². The van der Waals surface area contributed by atoms with Crippen molar-refractivity contribution in [3.05, 3.63) is 53.7 Å². The van der Waals surface area contributed by atoms with E-state index >= 15 is 0 Å². The molecule has 3 heteroatoms. The summed E-state index contributed by atoms with van der Waals surface area (Å²) in [6.07, 6.45) is 4.62. The van der Waals surface area contributed by atoms with Gasteiger partial charge in [0.05, 0.1) is 6.54 Å². The SMILES string of the molecule is CCc1ccc(CN[C@@H](C)c2cccnc2)o1. The largest absolute Gasteiger partial charge is 0.465 e. The summed E-state index contributed by atoms with van der Waals surface area (Å²) in [7, 11) is 0. The van der Waals surface area contributed by atoms with Crippen LogP contribution in [0, 0.1) is 0 Å². The van der Waals surface area contributed by atoms with Crippen LogP contribution in [0.5, 0.6) is 0 Å². The van der Waals surface area contributed by atoms with E-state index in [2.05, 4.69) is 30.2 Å². The number of nitrogens with zero attached hydrogens (tertiary/aromatic N) is 1. The Balaban J connectivity index is 1.90. The fourth-order valence-corrected chi connectivity index (χ4v) is 1.71. The average Bonchev–Trinajstić information content (AvgIpc) is 2.85. The Hall–Kier alpha value is -1.61. The molecule has 0 fully saturated rings. The molecule has 1 N–H and O–H groups in total. The number of furan rings is 1. The summed E-state index contributed by atoms with van der Waals surface area (Å²) in [6.45, 7) is 4.96. The topological polar surface area (TPSA) is 38.1 Å². The fourth-order valence-electron chi connectivity index (χ4n) is 1.71. The molecule has 0 aliphatic heterocycles. The van der Waals surface area contributed by atoms with Crippen molar-refractivity contribution in [2.75, 3.05) is 0 Å². The van der Waals surface area contributed by atoms with Crippen LogP contribution in [0.15, 0.2) is 41.1 Å². The molecular formula is C14H18N2O. The van der Waals surface area contributed by atoms with Crippen molar-refractivity contribution in [1.82, 2.24) is 10.3 Å². The van der Waals surface area contributed by atoms with Crippen molar-refractivity contribution in [2.24, 2.45) is 0 Å². The van der Waals surface area contributed by atoms with E-state index in [1.54, 1.807) is 6.20 Å². The lowest BCUT2D eigenvalue weighted by Gasteiger charge is -2.12. The van der Waals surface area contributed by atoms with Gasteiger partial charge in [-0.3, -0.25) is 4.98 Å². The molecule has 0 aliphatic rings. The molecule has 0 aliphatic carbocycles. The van der Waals surface area contributed by atoms with E-state index in [1.165, 1.54) is 5.56 Å². The molecule has 0 spiro atoms. The van der Waals surface area contributed by atoms with Gasteiger partial charge in [-0.15, -0.1) is 0 Å². The van der Waals surface area contributed by atoms with Gasteiger partial charge < -0.3 is 9.73 Å². The van der Waals surface area contributed by atoms with Crippen LogP contribution in [0.3, 0.4) is 0 Å². The zero-order chi connectivity index (χ0) is 12.1. The molecule has 0 radical (unpaired) electrons. The zero-order valence-electron chi connectivity index (χ0n) is 10.3. The molecule has 2 aromatic rings. The number of rotatable bonds is 5. The molecule has 17 heavy (non-hydrogen) atoms. The molecule has 0 bridgehead atoms. The van der Waals surface area contributed by atoms with Crippen molar-refractivity contribution in [3.8, 4) is 0 Å². The monoisotopic (exact) mass is 230 g/mol. The molecule has 0 saturated heterocycles. The van der Waals surface area contributed by atoms with Gasteiger partial charge in [-0.2, -0.15) is 0 Å². The molecule has 0 unspecified atom stereocenters. The Morgan fingerprint density at radius 2 is 2.12 bits per heavy atom. The maximum atomic E-state index is 5.64. The van der Waals surface area contributed by atoms with Gasteiger partial charge in [-0.1, -0.05) is 13.0 Å². The highest BCUT2D eigenvalue weighted by Gasteiger charge is 2.06. The van der Waals surface area contributed by atoms with E-state index in [9.17, 15) is 0 Å². The van der Waals surface area contributed by atoms with E-state index in [4.69, 9.17) is 4.42 Å². The van der Waals surface area contributed by atoms with Crippen LogP contribution in [0.2, 0.25) is 0 Å². The van der Waals surface area contributed by atoms with Gasteiger partial charge in [0.2, 0.25) is 0 Å². The van der Waals surface area contributed by atoms with Gasteiger partial charge in [-0.25, -0.2) is 0 Å². The molecule has 2 heterocycles. The Bertz CT molecular complexity index is 450. The number of aromatic nitrogens is 1. The second kappa shape index (κ2) is 5.64. The van der Waals surface area contributed by atoms with E-state index < -0.39 is 0 Å². The molecule has 1 atom stereocenters. The van der Waals surface area contributed by atoms with Crippen molar-refractivity contribution < 1.29 is 4.42 Å². The molecule has 3 nitrogen and oxygen atoms in total. The third-order valence-corrected chi connectivity index (χ3v) is 2.83. The van der Waals surface area contributed by atoms with Crippen molar-refractivity contribution >= 4 is 0 Å². The van der Waals surface area contributed by atoms with Crippen molar-refractivity contribution in [1.29, 1.82) is 0 Å². The number of aryl methyl sites for hydroxylation is 1. The van der Waals surface area contributed by atoms with Gasteiger partial charge >= 0.3 is 0 Å². The Morgan fingerprint density at radius 3 is 2.76 bits per heavy atom. The standard InChI is InChI=1S/C14H18N2O/c1-3-13-6-7-14(17-13)10-16-11(2)12-5-4-8-15-9-12/h4-9,11,16H,3,10H2,1-2H3/t11-/m0/s1. The van der Waals surface area contributed by atoms with Crippen molar-refractivity contribution in [3.63, 3.8) is 0 Å². The summed E-state index contributed by atoms with van der Waals surface area (Å²) >= 11 is 0. The maximum absolute atomic E-state index is 5.64. The first-order valence-electron chi connectivity index (χ1n) is 6.00. The van der Waals surface area contributed by atoms with Crippen LogP contribution < -0.4 is 5.32 Å². The van der Waals surface area contributed by atoms with Gasteiger partial charge in [0.25, 0.3) is 0 Å². The lowest BCUT2D eigenvalue weighted by molar-refractivity contribution is 0.435. The van der Waals surface area contributed by atoms with Gasteiger partial charge in [0, 0.05) is 24.9 Å². The summed E-state index contributed by atoms with van der Waals surface area (Å²) in [4.78, 5) is 4.11. The molecule has 0 amide bonds. The zero-order valence-corrected chi connectivity index (χ0v) is 10.3. The molecule has 0 aromatic carbocycles. The third-order valence-electron chi connectivity index (χ3n) is 2.83. The van der Waals surface area contributed by atoms with Crippen LogP contribution in [-0.4, -0.2) is 4.98 Å². The fraction of sp³-hybridized carbons (Fsp3) is 0.357. The van der Waals surface area contributed by atoms with Gasteiger partial charge in [0.15, 0.2) is 0 Å². The van der Waals surface area contributed by atoms with E-state index in [-0.39, 0.29) is 6.04 Å². The van der Waals surface area contributed by atoms with Crippen LogP contribution >= 0.6 is 0 Å². The number of nitrogens with one attached hydrogen (secondary N) is 1. The smallest absolute Gasteiger partial charge is 0.117 e. The van der Waals surface area contributed by atoms with E-state index in [1.807, 2.05) is 24.4 Å². The molecular weight excluding hydrogens is 212 g/mol. The first kappa shape index (κ1) is 11.9. The predicted octanol–water partition coefficient (Wildman–Crippen LogP) is 3.09. The Morgan fingerprint density at radius 1 is 1.29 bits per heavy atom. The summed E-state index contributed by atoms with van der Waals surface area (Å²) < 4.78 is 5.64. The average molecular weight is 230 g/mol. The summed E-state index contributed by atoms with van der Waals surface area (Å²) in [5.41, 5.74) is 1.19. The molecule has 2 aromatic heterocycles. The normalized spacial score (nSPS) is 12.6. The van der Waals surface area contributed by atoms with Crippen LogP contribution in [-0.2, 0) is 13.0 Å². The first-order chi connectivity index (χ1) is 8.29. The van der Waals surface area contributed by atoms with E-state index in [0.717, 1.165) is 24.5 Å². The number of hydrogen-bond acceptors (Lipinski definition) is 3. The summed E-state index contributed by atoms with van der Waals surface area (Å²) in [6, 6.07) is 8.37. The molecule has 0 saturated carbocycles. The molecule has 90 valence electrons. The second-order valence-electron chi connectivity index (χ2n) is 4.11. The highest BCUT2D eigenvalue weighted by atomic mass is 16.3. The van der Waals surface area contributed by atoms with Gasteiger partial charge in [-0.05, 0) is 30.7 Å². The Kier molecular flexibility index (Phi) is 3.94. The van der Waals surface area contributed by atoms with Crippen molar-refractivity contribution in [2.45, 2.75) is 32.9 Å². The lowest BCUT2D eigenvalue weighted by Crippen LogP contribution is -2.17. The number of hydrogen-bond donors (Lipinski definition) is 1. The first-order valence-corrected chi connectivity index (χ1v) is 6.00. The van der Waals surface area contributed by atoms with Gasteiger partial charge in [0.1, 0.15) is 11.5 Å².